The van der Waals surface area contributed by atoms with Crippen molar-refractivity contribution in [2.45, 2.75) is 6.92 Å². The van der Waals surface area contributed by atoms with Crippen LogP contribution in [0.3, 0.4) is 0 Å². The monoisotopic (exact) mass is 365 g/mol. The van der Waals surface area contributed by atoms with E-state index in [9.17, 15) is 4.79 Å². The van der Waals surface area contributed by atoms with Crippen LogP contribution in [0.15, 0.2) is 48.8 Å². The lowest BCUT2D eigenvalue weighted by Crippen LogP contribution is -2.15. The van der Waals surface area contributed by atoms with Crippen LogP contribution in [0.2, 0.25) is 0 Å². The van der Waals surface area contributed by atoms with Crippen LogP contribution < -0.4 is 19.5 Å². The van der Waals surface area contributed by atoms with Crippen LogP contribution in [0.1, 0.15) is 6.92 Å². The Morgan fingerprint density at radius 2 is 1.85 bits per heavy atom. The molecule has 2 heterocycles. The van der Waals surface area contributed by atoms with Crippen molar-refractivity contribution in [2.24, 2.45) is 0 Å². The first kappa shape index (κ1) is 17.0. The number of nitrogens with zero attached hydrogens (tertiary/aromatic N) is 2. The topological polar surface area (TPSA) is 74.6 Å². The van der Waals surface area contributed by atoms with Gasteiger partial charge in [-0.05, 0) is 30.3 Å². The SMILES string of the molecule is COc1cc2c(cc1-c1nccn1-c1ccc(NC(C)=O)cc1)OCCO2. The van der Waals surface area contributed by atoms with Crippen molar-refractivity contribution in [3.8, 4) is 34.3 Å². The van der Waals surface area contributed by atoms with E-state index in [2.05, 4.69) is 10.3 Å². The number of carbonyl (C=O) groups excluding carboxylic acids is 1. The first-order chi connectivity index (χ1) is 13.2. The minimum atomic E-state index is -0.105. The molecule has 4 rings (SSSR count). The molecule has 1 aromatic heterocycles. The summed E-state index contributed by atoms with van der Waals surface area (Å²) in [5.41, 5.74) is 2.45. The number of fused-ring (bicyclic) bond motifs is 1. The van der Waals surface area contributed by atoms with Gasteiger partial charge in [0, 0.05) is 36.8 Å². The van der Waals surface area contributed by atoms with Crippen LogP contribution >= 0.6 is 0 Å². The van der Waals surface area contributed by atoms with E-state index < -0.39 is 0 Å². The Morgan fingerprint density at radius 1 is 1.15 bits per heavy atom. The zero-order chi connectivity index (χ0) is 18.8. The van der Waals surface area contributed by atoms with E-state index in [0.717, 1.165) is 22.8 Å². The summed E-state index contributed by atoms with van der Waals surface area (Å²) in [6, 6.07) is 11.2. The van der Waals surface area contributed by atoms with Crippen molar-refractivity contribution in [1.82, 2.24) is 9.55 Å². The Kier molecular flexibility index (Phi) is 4.42. The van der Waals surface area contributed by atoms with Gasteiger partial charge in [0.1, 0.15) is 24.8 Å². The van der Waals surface area contributed by atoms with E-state index in [0.29, 0.717) is 30.5 Å². The number of imidazole rings is 1. The van der Waals surface area contributed by atoms with Crippen LogP contribution in [-0.4, -0.2) is 35.8 Å². The van der Waals surface area contributed by atoms with Gasteiger partial charge in [-0.1, -0.05) is 0 Å². The van der Waals surface area contributed by atoms with Crippen molar-refractivity contribution >= 4 is 11.6 Å². The standard InChI is InChI=1S/C20H19N3O4/c1-13(24)22-14-3-5-15(6-4-14)23-8-7-21-20(23)16-11-18-19(12-17(16)25-2)27-10-9-26-18/h3-8,11-12H,9-10H2,1-2H3,(H,22,24). The van der Waals surface area contributed by atoms with E-state index in [4.69, 9.17) is 14.2 Å². The van der Waals surface area contributed by atoms with Crippen molar-refractivity contribution in [3.05, 3.63) is 48.8 Å². The van der Waals surface area contributed by atoms with Gasteiger partial charge in [-0.3, -0.25) is 9.36 Å². The van der Waals surface area contributed by atoms with Gasteiger partial charge in [0.2, 0.25) is 5.91 Å². The molecule has 3 aromatic rings. The van der Waals surface area contributed by atoms with Gasteiger partial charge < -0.3 is 19.5 Å². The molecule has 2 aromatic carbocycles. The lowest BCUT2D eigenvalue weighted by atomic mass is 10.1. The molecule has 0 radical (unpaired) electrons. The number of aromatic nitrogens is 2. The number of methoxy groups -OCH3 is 1. The average Bonchev–Trinajstić information content (AvgIpc) is 3.16. The summed E-state index contributed by atoms with van der Waals surface area (Å²) in [6.45, 7) is 2.51. The Hall–Kier alpha value is -3.48. The molecule has 1 aliphatic rings. The molecule has 0 atom stereocenters. The van der Waals surface area contributed by atoms with E-state index in [-0.39, 0.29) is 5.91 Å². The van der Waals surface area contributed by atoms with Gasteiger partial charge in [-0.25, -0.2) is 4.98 Å². The largest absolute Gasteiger partial charge is 0.496 e. The molecule has 0 saturated heterocycles. The van der Waals surface area contributed by atoms with Crippen molar-refractivity contribution < 1.29 is 19.0 Å². The first-order valence-corrected chi connectivity index (χ1v) is 8.55. The highest BCUT2D eigenvalue weighted by molar-refractivity contribution is 5.88. The normalized spacial score (nSPS) is 12.5. The molecule has 0 spiro atoms. The van der Waals surface area contributed by atoms with Crippen LogP contribution in [0, 0.1) is 0 Å². The fourth-order valence-corrected chi connectivity index (χ4v) is 3.03. The summed E-state index contributed by atoms with van der Waals surface area (Å²) in [6.07, 6.45) is 3.60. The van der Waals surface area contributed by atoms with E-state index in [1.807, 2.05) is 47.2 Å². The maximum Gasteiger partial charge on any atom is 0.221 e. The predicted octanol–water partition coefficient (Wildman–Crippen LogP) is 3.28. The molecule has 0 bridgehead atoms. The molecular formula is C20H19N3O4. The Labute approximate surface area is 156 Å². The Balaban J connectivity index is 1.75. The smallest absolute Gasteiger partial charge is 0.221 e. The number of amides is 1. The number of anilines is 1. The quantitative estimate of drug-likeness (QED) is 0.768. The van der Waals surface area contributed by atoms with Crippen LogP contribution in [0.5, 0.6) is 17.2 Å². The summed E-state index contributed by atoms with van der Waals surface area (Å²) in [5, 5.41) is 2.76. The molecule has 1 N–H and O–H groups in total. The maximum absolute atomic E-state index is 11.2. The number of ether oxygens (including phenoxy) is 3. The van der Waals surface area contributed by atoms with Gasteiger partial charge in [-0.2, -0.15) is 0 Å². The summed E-state index contributed by atoms with van der Waals surface area (Å²) in [7, 11) is 1.62. The third kappa shape index (κ3) is 3.31. The predicted molar refractivity (Wildman–Crippen MR) is 101 cm³/mol. The van der Waals surface area contributed by atoms with Crippen molar-refractivity contribution in [3.63, 3.8) is 0 Å². The van der Waals surface area contributed by atoms with Crippen molar-refractivity contribution in [1.29, 1.82) is 0 Å². The molecule has 138 valence electrons. The van der Waals surface area contributed by atoms with Gasteiger partial charge in [0.05, 0.1) is 12.7 Å². The van der Waals surface area contributed by atoms with E-state index >= 15 is 0 Å². The first-order valence-electron chi connectivity index (χ1n) is 8.55. The number of benzene rings is 2. The van der Waals surface area contributed by atoms with Gasteiger partial charge in [0.15, 0.2) is 11.5 Å². The number of carbonyl (C=O) groups is 1. The molecule has 0 saturated carbocycles. The lowest BCUT2D eigenvalue weighted by Gasteiger charge is -2.21. The maximum atomic E-state index is 11.2. The number of nitrogens with one attached hydrogen (secondary N) is 1. The second-order valence-corrected chi connectivity index (χ2v) is 6.05. The Bertz CT molecular complexity index is 979. The number of hydrogen-bond acceptors (Lipinski definition) is 5. The van der Waals surface area contributed by atoms with Crippen LogP contribution in [0.4, 0.5) is 5.69 Å². The minimum absolute atomic E-state index is 0.105. The van der Waals surface area contributed by atoms with Crippen LogP contribution in [0.25, 0.3) is 17.1 Å². The van der Waals surface area contributed by atoms with E-state index in [1.165, 1.54) is 6.92 Å². The highest BCUT2D eigenvalue weighted by atomic mass is 16.6. The molecule has 0 fully saturated rings. The summed E-state index contributed by atoms with van der Waals surface area (Å²) in [4.78, 5) is 15.7. The van der Waals surface area contributed by atoms with Gasteiger partial charge in [-0.15, -0.1) is 0 Å². The number of hydrogen-bond donors (Lipinski definition) is 1. The summed E-state index contributed by atoms with van der Waals surface area (Å²) < 4.78 is 18.8. The second-order valence-electron chi connectivity index (χ2n) is 6.05. The summed E-state index contributed by atoms with van der Waals surface area (Å²) in [5.74, 6) is 2.61. The lowest BCUT2D eigenvalue weighted by molar-refractivity contribution is -0.114. The molecule has 1 amide bonds. The van der Waals surface area contributed by atoms with Crippen LogP contribution in [-0.2, 0) is 4.79 Å². The van der Waals surface area contributed by atoms with Gasteiger partial charge in [0.25, 0.3) is 0 Å². The summed E-state index contributed by atoms with van der Waals surface area (Å²) >= 11 is 0. The molecule has 7 nitrogen and oxygen atoms in total. The molecule has 0 unspecified atom stereocenters. The molecule has 0 aliphatic carbocycles. The minimum Gasteiger partial charge on any atom is -0.496 e. The zero-order valence-electron chi connectivity index (χ0n) is 15.1. The fraction of sp³-hybridized carbons (Fsp3) is 0.200. The van der Waals surface area contributed by atoms with Crippen molar-refractivity contribution in [2.75, 3.05) is 25.6 Å². The third-order valence-corrected chi connectivity index (χ3v) is 4.21. The zero-order valence-corrected chi connectivity index (χ0v) is 15.1. The third-order valence-electron chi connectivity index (χ3n) is 4.21. The molecule has 7 heteroatoms. The molecule has 1 aliphatic heterocycles. The number of rotatable bonds is 4. The Morgan fingerprint density at radius 3 is 2.52 bits per heavy atom. The average molecular weight is 365 g/mol. The fourth-order valence-electron chi connectivity index (χ4n) is 3.03. The van der Waals surface area contributed by atoms with Gasteiger partial charge >= 0.3 is 0 Å². The molecular weight excluding hydrogens is 346 g/mol. The second kappa shape index (κ2) is 7.03. The van der Waals surface area contributed by atoms with E-state index in [1.54, 1.807) is 13.3 Å². The highest BCUT2D eigenvalue weighted by Gasteiger charge is 2.20. The highest BCUT2D eigenvalue weighted by Crippen LogP contribution is 2.41. The molecule has 27 heavy (non-hydrogen) atoms.